The number of benzene rings is 1. The molecule has 3 nitrogen and oxygen atoms in total. The molecule has 1 aliphatic rings. The lowest BCUT2D eigenvalue weighted by molar-refractivity contribution is 0.102. The van der Waals surface area contributed by atoms with E-state index in [1.807, 2.05) is 12.1 Å². The molecule has 0 aliphatic carbocycles. The summed E-state index contributed by atoms with van der Waals surface area (Å²) in [7, 11) is 0. The predicted molar refractivity (Wildman–Crippen MR) is 81.9 cm³/mol. The maximum atomic E-state index is 6.08. The molecule has 1 saturated heterocycles. The Hall–Kier alpha value is -0.320. The Morgan fingerprint density at radius 1 is 1.11 bits per heavy atom. The third kappa shape index (κ3) is 3.83. The first-order chi connectivity index (χ1) is 9.13. The Balaban J connectivity index is 2.11. The zero-order valence-electron chi connectivity index (χ0n) is 11.3. The summed E-state index contributed by atoms with van der Waals surface area (Å²) in [5.41, 5.74) is 7.08. The van der Waals surface area contributed by atoms with E-state index in [-0.39, 0.29) is 6.04 Å². The lowest BCUT2D eigenvalue weighted by Crippen LogP contribution is -2.48. The molecule has 0 radical (unpaired) electrons. The van der Waals surface area contributed by atoms with E-state index in [9.17, 15) is 0 Å². The number of nitrogens with two attached hydrogens (primary N) is 1. The second kappa shape index (κ2) is 6.91. The molecule has 1 aromatic carbocycles. The topological polar surface area (TPSA) is 32.5 Å². The Kier molecular flexibility index (Phi) is 5.48. The second-order valence-electron chi connectivity index (χ2n) is 4.92. The summed E-state index contributed by atoms with van der Waals surface area (Å²) in [6.07, 6.45) is 0. The first-order valence-electron chi connectivity index (χ1n) is 6.76. The van der Waals surface area contributed by atoms with Gasteiger partial charge in [0.15, 0.2) is 0 Å². The minimum Gasteiger partial charge on any atom is -0.329 e. The fourth-order valence-corrected chi connectivity index (χ4v) is 3.20. The van der Waals surface area contributed by atoms with Crippen molar-refractivity contribution >= 4 is 23.2 Å². The lowest BCUT2D eigenvalue weighted by Gasteiger charge is -2.38. The van der Waals surface area contributed by atoms with Crippen LogP contribution >= 0.6 is 23.2 Å². The molecule has 1 aliphatic heterocycles. The third-order valence-corrected chi connectivity index (χ3v) is 4.22. The minimum absolute atomic E-state index is 0.204. The first kappa shape index (κ1) is 15.1. The number of piperazine rings is 1. The molecule has 0 bridgehead atoms. The highest BCUT2D eigenvalue weighted by Crippen LogP contribution is 2.27. The molecule has 106 valence electrons. The highest BCUT2D eigenvalue weighted by Gasteiger charge is 2.23. The third-order valence-electron chi connectivity index (χ3n) is 3.79. The molecule has 2 rings (SSSR count). The van der Waals surface area contributed by atoms with Crippen LogP contribution in [0.4, 0.5) is 0 Å². The molecule has 5 heteroatoms. The summed E-state index contributed by atoms with van der Waals surface area (Å²) in [5.74, 6) is 0. The molecule has 1 fully saturated rings. The zero-order valence-corrected chi connectivity index (χ0v) is 12.8. The van der Waals surface area contributed by atoms with Crippen LogP contribution in [0.15, 0.2) is 18.2 Å². The van der Waals surface area contributed by atoms with Crippen LogP contribution in [0.1, 0.15) is 18.5 Å². The van der Waals surface area contributed by atoms with Crippen molar-refractivity contribution in [3.63, 3.8) is 0 Å². The van der Waals surface area contributed by atoms with Gasteiger partial charge in [0.25, 0.3) is 0 Å². The number of hydrogen-bond acceptors (Lipinski definition) is 3. The van der Waals surface area contributed by atoms with Gasteiger partial charge < -0.3 is 10.6 Å². The largest absolute Gasteiger partial charge is 0.329 e. The van der Waals surface area contributed by atoms with E-state index in [2.05, 4.69) is 16.7 Å². The molecule has 1 atom stereocenters. The van der Waals surface area contributed by atoms with Crippen LogP contribution in [0.25, 0.3) is 0 Å². The highest BCUT2D eigenvalue weighted by atomic mass is 35.5. The normalized spacial score (nSPS) is 19.6. The number of hydrogen-bond donors (Lipinski definition) is 1. The van der Waals surface area contributed by atoms with Gasteiger partial charge in [-0.05, 0) is 30.3 Å². The van der Waals surface area contributed by atoms with E-state index in [0.29, 0.717) is 16.6 Å². The second-order valence-corrected chi connectivity index (χ2v) is 5.80. The first-order valence-corrected chi connectivity index (χ1v) is 7.52. The van der Waals surface area contributed by atoms with Gasteiger partial charge in [-0.1, -0.05) is 30.1 Å². The Labute approximate surface area is 125 Å². The minimum atomic E-state index is 0.204. The quantitative estimate of drug-likeness (QED) is 0.928. The summed E-state index contributed by atoms with van der Waals surface area (Å²) in [6, 6.07) is 5.90. The van der Waals surface area contributed by atoms with Crippen LogP contribution in [0.2, 0.25) is 10.0 Å². The number of nitrogens with zero attached hydrogens (tertiary/aromatic N) is 2. The van der Waals surface area contributed by atoms with Crippen molar-refractivity contribution in [1.82, 2.24) is 9.80 Å². The summed E-state index contributed by atoms with van der Waals surface area (Å²) in [5, 5.41) is 1.35. The molecule has 0 amide bonds. The van der Waals surface area contributed by atoms with Gasteiger partial charge in [0.2, 0.25) is 0 Å². The summed E-state index contributed by atoms with van der Waals surface area (Å²) >= 11 is 12.2. The molecule has 0 aromatic heterocycles. The van der Waals surface area contributed by atoms with Gasteiger partial charge in [0, 0.05) is 48.8 Å². The van der Waals surface area contributed by atoms with Crippen LogP contribution in [0.5, 0.6) is 0 Å². The van der Waals surface area contributed by atoms with Gasteiger partial charge in [-0.3, -0.25) is 4.90 Å². The fourth-order valence-electron chi connectivity index (χ4n) is 2.65. The van der Waals surface area contributed by atoms with Crippen molar-refractivity contribution < 1.29 is 0 Å². The Morgan fingerprint density at radius 2 is 1.68 bits per heavy atom. The van der Waals surface area contributed by atoms with Crippen LogP contribution < -0.4 is 5.73 Å². The van der Waals surface area contributed by atoms with E-state index >= 15 is 0 Å². The number of likely N-dealkylation sites (N-methyl/N-ethyl adjacent to an activating group) is 1. The predicted octanol–water partition coefficient (Wildman–Crippen LogP) is 2.63. The summed E-state index contributed by atoms with van der Waals surface area (Å²) in [4.78, 5) is 4.88. The van der Waals surface area contributed by atoms with Crippen molar-refractivity contribution in [2.45, 2.75) is 13.0 Å². The Morgan fingerprint density at radius 3 is 2.16 bits per heavy atom. The molecule has 1 aromatic rings. The smallest absolute Gasteiger partial charge is 0.0472 e. The van der Waals surface area contributed by atoms with E-state index < -0.39 is 0 Å². The average Bonchev–Trinajstić information content (AvgIpc) is 2.39. The van der Waals surface area contributed by atoms with Gasteiger partial charge in [0.05, 0.1) is 0 Å². The monoisotopic (exact) mass is 301 g/mol. The molecule has 0 saturated carbocycles. The molecular formula is C14H21Cl2N3. The van der Waals surface area contributed by atoms with Crippen LogP contribution in [-0.4, -0.2) is 49.1 Å². The molecular weight excluding hydrogens is 281 g/mol. The van der Waals surface area contributed by atoms with Crippen LogP contribution in [0, 0.1) is 0 Å². The number of halogens is 2. The average molecular weight is 302 g/mol. The maximum absolute atomic E-state index is 6.08. The Bertz CT molecular complexity index is 397. The molecule has 1 heterocycles. The van der Waals surface area contributed by atoms with Crippen molar-refractivity contribution in [3.05, 3.63) is 33.8 Å². The summed E-state index contributed by atoms with van der Waals surface area (Å²) in [6.45, 7) is 8.18. The maximum Gasteiger partial charge on any atom is 0.0472 e. The standard InChI is InChI=1S/C14H21Cl2N3/c1-2-18-3-5-19(6-4-18)14(10-17)11-7-12(15)9-13(16)8-11/h7-9,14H,2-6,10,17H2,1H3. The van der Waals surface area contributed by atoms with Crippen molar-refractivity contribution in [1.29, 1.82) is 0 Å². The van der Waals surface area contributed by atoms with Crippen molar-refractivity contribution in [3.8, 4) is 0 Å². The van der Waals surface area contributed by atoms with Gasteiger partial charge >= 0.3 is 0 Å². The van der Waals surface area contributed by atoms with E-state index in [1.165, 1.54) is 0 Å². The molecule has 1 unspecified atom stereocenters. The fraction of sp³-hybridized carbons (Fsp3) is 0.571. The zero-order chi connectivity index (χ0) is 13.8. The number of rotatable bonds is 4. The summed E-state index contributed by atoms with van der Waals surface area (Å²) < 4.78 is 0. The molecule has 0 spiro atoms. The van der Waals surface area contributed by atoms with E-state index in [1.54, 1.807) is 6.07 Å². The van der Waals surface area contributed by atoms with Crippen molar-refractivity contribution in [2.24, 2.45) is 5.73 Å². The van der Waals surface area contributed by atoms with E-state index in [0.717, 1.165) is 38.3 Å². The van der Waals surface area contributed by atoms with Gasteiger partial charge in [-0.25, -0.2) is 0 Å². The van der Waals surface area contributed by atoms with E-state index in [4.69, 9.17) is 28.9 Å². The van der Waals surface area contributed by atoms with Gasteiger partial charge in [-0.15, -0.1) is 0 Å². The highest BCUT2D eigenvalue weighted by molar-refractivity contribution is 6.34. The molecule has 19 heavy (non-hydrogen) atoms. The van der Waals surface area contributed by atoms with Crippen LogP contribution in [-0.2, 0) is 0 Å². The molecule has 2 N–H and O–H groups in total. The van der Waals surface area contributed by atoms with Gasteiger partial charge in [-0.2, -0.15) is 0 Å². The lowest BCUT2D eigenvalue weighted by atomic mass is 10.0. The van der Waals surface area contributed by atoms with Gasteiger partial charge in [0.1, 0.15) is 0 Å². The van der Waals surface area contributed by atoms with Crippen LogP contribution in [0.3, 0.4) is 0 Å². The van der Waals surface area contributed by atoms with Crippen molar-refractivity contribution in [2.75, 3.05) is 39.3 Å². The SMILES string of the molecule is CCN1CCN(C(CN)c2cc(Cl)cc(Cl)c2)CC1.